The molecule has 0 atom stereocenters. The molecule has 1 saturated heterocycles. The normalized spacial score (nSPS) is 19.0. The number of aryl methyl sites for hydroxylation is 1. The maximum Gasteiger partial charge on any atom is 0.317 e. The summed E-state index contributed by atoms with van der Waals surface area (Å²) in [6.45, 7) is 3.36. The van der Waals surface area contributed by atoms with Gasteiger partial charge < -0.3 is 15.5 Å². The van der Waals surface area contributed by atoms with E-state index in [1.54, 1.807) is 10.7 Å². The highest BCUT2D eigenvalue weighted by Crippen LogP contribution is 2.19. The molecule has 0 radical (unpaired) electrons. The van der Waals surface area contributed by atoms with Crippen LogP contribution in [0.1, 0.15) is 60.9 Å². The average molecular weight is 383 g/mol. The van der Waals surface area contributed by atoms with E-state index in [2.05, 4.69) is 15.7 Å². The molecule has 1 aliphatic heterocycles. The quantitative estimate of drug-likeness (QED) is 0.855. The van der Waals surface area contributed by atoms with Gasteiger partial charge in [0.2, 0.25) is 0 Å². The van der Waals surface area contributed by atoms with Crippen molar-refractivity contribution in [1.29, 1.82) is 0 Å². The van der Waals surface area contributed by atoms with Crippen molar-refractivity contribution in [2.75, 3.05) is 13.1 Å². The summed E-state index contributed by atoms with van der Waals surface area (Å²) < 4.78 is 1.74. The van der Waals surface area contributed by atoms with Gasteiger partial charge in [0, 0.05) is 31.4 Å². The lowest BCUT2D eigenvalue weighted by atomic mass is 9.95. The highest BCUT2D eigenvalue weighted by molar-refractivity contribution is 6.00. The van der Waals surface area contributed by atoms with Crippen LogP contribution in [0, 0.1) is 6.92 Å². The van der Waals surface area contributed by atoms with Crippen molar-refractivity contribution in [3.8, 4) is 0 Å². The molecule has 3 heterocycles. The second-order valence-corrected chi connectivity index (χ2v) is 8.11. The SMILES string of the molecule is Cc1ccc2c(C(=O)NC3CCN(C(=O)NC4CCCCC4)CC3)cnn2c1. The van der Waals surface area contributed by atoms with E-state index in [1.165, 1.54) is 19.3 Å². The number of nitrogens with zero attached hydrogens (tertiary/aromatic N) is 3. The first kappa shape index (κ1) is 18.8. The minimum absolute atomic E-state index is 0.0506. The number of amides is 3. The first-order valence-corrected chi connectivity index (χ1v) is 10.4. The number of urea groups is 1. The summed E-state index contributed by atoms with van der Waals surface area (Å²) in [6, 6.07) is 4.38. The standard InChI is InChI=1S/C21H29N5O2/c1-15-7-8-19-18(13-22-26(19)14-15)20(27)23-17-9-11-25(12-10-17)21(28)24-16-5-3-2-4-6-16/h7-8,13-14,16-17H,2-6,9-12H2,1H3,(H,23,27)(H,24,28). The maximum atomic E-state index is 12.7. The van der Waals surface area contributed by atoms with Crippen LogP contribution in [-0.4, -0.2) is 51.6 Å². The van der Waals surface area contributed by atoms with Gasteiger partial charge in [0.25, 0.3) is 5.91 Å². The van der Waals surface area contributed by atoms with Gasteiger partial charge in [-0.1, -0.05) is 25.3 Å². The zero-order valence-corrected chi connectivity index (χ0v) is 16.5. The Morgan fingerprint density at radius 2 is 1.71 bits per heavy atom. The molecule has 0 unspecified atom stereocenters. The third-order valence-corrected chi connectivity index (χ3v) is 5.96. The van der Waals surface area contributed by atoms with Crippen LogP contribution in [0.15, 0.2) is 24.5 Å². The third-order valence-electron chi connectivity index (χ3n) is 5.96. The molecule has 150 valence electrons. The molecule has 7 heteroatoms. The van der Waals surface area contributed by atoms with E-state index in [0.717, 1.165) is 36.8 Å². The Bertz CT molecular complexity index is 848. The molecule has 7 nitrogen and oxygen atoms in total. The van der Waals surface area contributed by atoms with E-state index in [-0.39, 0.29) is 18.0 Å². The van der Waals surface area contributed by atoms with E-state index >= 15 is 0 Å². The number of fused-ring (bicyclic) bond motifs is 1. The number of piperidine rings is 1. The van der Waals surface area contributed by atoms with Crippen molar-refractivity contribution in [3.63, 3.8) is 0 Å². The number of rotatable bonds is 3. The Morgan fingerprint density at radius 1 is 1.00 bits per heavy atom. The van der Waals surface area contributed by atoms with Gasteiger partial charge in [-0.15, -0.1) is 0 Å². The molecule has 0 spiro atoms. The summed E-state index contributed by atoms with van der Waals surface area (Å²) in [5.74, 6) is -0.0936. The molecular formula is C21H29N5O2. The van der Waals surface area contributed by atoms with E-state index < -0.39 is 0 Å². The zero-order valence-electron chi connectivity index (χ0n) is 16.5. The number of aromatic nitrogens is 2. The first-order valence-electron chi connectivity index (χ1n) is 10.4. The van der Waals surface area contributed by atoms with Crippen LogP contribution >= 0.6 is 0 Å². The van der Waals surface area contributed by atoms with E-state index in [4.69, 9.17) is 0 Å². The molecule has 3 amide bonds. The topological polar surface area (TPSA) is 78.7 Å². The number of carbonyl (C=O) groups is 2. The Balaban J connectivity index is 1.29. The first-order chi connectivity index (χ1) is 13.6. The van der Waals surface area contributed by atoms with Crippen molar-refractivity contribution in [2.45, 2.75) is 64.0 Å². The average Bonchev–Trinajstić information content (AvgIpc) is 3.12. The number of hydrogen-bond donors (Lipinski definition) is 2. The van der Waals surface area contributed by atoms with Gasteiger partial charge in [0.05, 0.1) is 17.3 Å². The third kappa shape index (κ3) is 4.13. The monoisotopic (exact) mass is 383 g/mol. The summed E-state index contributed by atoms with van der Waals surface area (Å²) in [5, 5.41) is 10.6. The minimum atomic E-state index is -0.0936. The smallest absolute Gasteiger partial charge is 0.317 e. The summed E-state index contributed by atoms with van der Waals surface area (Å²) in [6.07, 6.45) is 11.0. The van der Waals surface area contributed by atoms with Crippen molar-refractivity contribution >= 4 is 17.5 Å². The van der Waals surface area contributed by atoms with Crippen LogP contribution in [0.25, 0.3) is 5.52 Å². The van der Waals surface area contributed by atoms with Crippen molar-refractivity contribution < 1.29 is 9.59 Å². The molecule has 0 bridgehead atoms. The molecule has 1 saturated carbocycles. The van der Waals surface area contributed by atoms with E-state index in [9.17, 15) is 9.59 Å². The lowest BCUT2D eigenvalue weighted by Gasteiger charge is -2.34. The molecule has 2 fully saturated rings. The molecule has 2 aliphatic rings. The van der Waals surface area contributed by atoms with Crippen LogP contribution in [0.4, 0.5) is 4.79 Å². The Hall–Kier alpha value is -2.57. The van der Waals surface area contributed by atoms with Crippen LogP contribution in [-0.2, 0) is 0 Å². The molecule has 0 aromatic carbocycles. The predicted octanol–water partition coefficient (Wildman–Crippen LogP) is 2.88. The minimum Gasteiger partial charge on any atom is -0.349 e. The van der Waals surface area contributed by atoms with Gasteiger partial charge in [-0.25, -0.2) is 9.31 Å². The molecule has 28 heavy (non-hydrogen) atoms. The van der Waals surface area contributed by atoms with Gasteiger partial charge in [0.15, 0.2) is 0 Å². The van der Waals surface area contributed by atoms with Crippen LogP contribution in [0.3, 0.4) is 0 Å². The van der Waals surface area contributed by atoms with Crippen molar-refractivity contribution in [1.82, 2.24) is 25.1 Å². The fourth-order valence-electron chi connectivity index (χ4n) is 4.26. The van der Waals surface area contributed by atoms with Crippen LogP contribution in [0.5, 0.6) is 0 Å². The fourth-order valence-corrected chi connectivity index (χ4v) is 4.26. The largest absolute Gasteiger partial charge is 0.349 e. The molecule has 1 aliphatic carbocycles. The van der Waals surface area contributed by atoms with Crippen molar-refractivity contribution in [2.24, 2.45) is 0 Å². The van der Waals surface area contributed by atoms with Crippen LogP contribution < -0.4 is 10.6 Å². The predicted molar refractivity (Wildman–Crippen MR) is 107 cm³/mol. The Kier molecular flexibility index (Phi) is 5.50. The highest BCUT2D eigenvalue weighted by atomic mass is 16.2. The summed E-state index contributed by atoms with van der Waals surface area (Å²) in [4.78, 5) is 27.1. The van der Waals surface area contributed by atoms with Gasteiger partial charge in [-0.05, 0) is 44.2 Å². The van der Waals surface area contributed by atoms with Crippen molar-refractivity contribution in [3.05, 3.63) is 35.7 Å². The van der Waals surface area contributed by atoms with E-state index in [0.29, 0.717) is 24.7 Å². The molecule has 2 aromatic rings. The second kappa shape index (κ2) is 8.20. The van der Waals surface area contributed by atoms with Crippen LogP contribution in [0.2, 0.25) is 0 Å². The maximum absolute atomic E-state index is 12.7. The second-order valence-electron chi connectivity index (χ2n) is 8.11. The molecule has 2 N–H and O–H groups in total. The lowest BCUT2D eigenvalue weighted by Crippen LogP contribution is -2.51. The number of pyridine rings is 1. The molecule has 2 aromatic heterocycles. The number of carbonyl (C=O) groups excluding carboxylic acids is 2. The number of nitrogens with one attached hydrogen (secondary N) is 2. The Labute approximate surface area is 165 Å². The zero-order chi connectivity index (χ0) is 19.5. The van der Waals surface area contributed by atoms with Gasteiger partial charge >= 0.3 is 6.03 Å². The summed E-state index contributed by atoms with van der Waals surface area (Å²) >= 11 is 0. The molecule has 4 rings (SSSR count). The number of likely N-dealkylation sites (tertiary alicyclic amines) is 1. The van der Waals surface area contributed by atoms with Gasteiger partial charge in [-0.2, -0.15) is 5.10 Å². The molecular weight excluding hydrogens is 354 g/mol. The fraction of sp³-hybridized carbons (Fsp3) is 0.571. The van der Waals surface area contributed by atoms with E-state index in [1.807, 2.05) is 30.2 Å². The lowest BCUT2D eigenvalue weighted by molar-refractivity contribution is 0.0919. The summed E-state index contributed by atoms with van der Waals surface area (Å²) in [5.41, 5.74) is 2.51. The highest BCUT2D eigenvalue weighted by Gasteiger charge is 2.26. The number of hydrogen-bond acceptors (Lipinski definition) is 3. The van der Waals surface area contributed by atoms with Gasteiger partial charge in [-0.3, -0.25) is 4.79 Å². The Morgan fingerprint density at radius 3 is 2.46 bits per heavy atom. The summed E-state index contributed by atoms with van der Waals surface area (Å²) in [7, 11) is 0. The van der Waals surface area contributed by atoms with Gasteiger partial charge in [0.1, 0.15) is 0 Å².